The number of hydrogen-bond acceptors (Lipinski definition) is 4. The number of sulfone groups is 1. The van der Waals surface area contributed by atoms with E-state index in [4.69, 9.17) is 10.5 Å². The molecule has 1 heterocycles. The van der Waals surface area contributed by atoms with Gasteiger partial charge in [-0.3, -0.25) is 0 Å². The van der Waals surface area contributed by atoms with Crippen LogP contribution < -0.4 is 5.73 Å². The standard InChI is InChI=1S/C12H16FNO3S/c1-8-12(2-3-17-8)18(15,16)7-9-4-10(13)6-11(14)5-9/h4-6,8,12H,2-3,7,14H2,1H3. The van der Waals surface area contributed by atoms with Crippen LogP contribution in [0.4, 0.5) is 10.1 Å². The van der Waals surface area contributed by atoms with Crippen molar-refractivity contribution in [2.75, 3.05) is 12.3 Å². The summed E-state index contributed by atoms with van der Waals surface area (Å²) in [5.74, 6) is -0.719. The second kappa shape index (κ2) is 4.85. The molecule has 0 saturated carbocycles. The minimum atomic E-state index is -3.34. The predicted octanol–water partition coefficient (Wildman–Crippen LogP) is 1.50. The smallest absolute Gasteiger partial charge is 0.159 e. The van der Waals surface area contributed by atoms with Crippen molar-refractivity contribution in [3.8, 4) is 0 Å². The van der Waals surface area contributed by atoms with Gasteiger partial charge in [0.25, 0.3) is 0 Å². The van der Waals surface area contributed by atoms with Crippen molar-refractivity contribution in [3.05, 3.63) is 29.6 Å². The number of anilines is 1. The van der Waals surface area contributed by atoms with Crippen LogP contribution in [-0.4, -0.2) is 26.4 Å². The fourth-order valence-electron chi connectivity index (χ4n) is 2.28. The highest BCUT2D eigenvalue weighted by Crippen LogP contribution is 2.24. The second-order valence-corrected chi connectivity index (χ2v) is 6.82. The summed E-state index contributed by atoms with van der Waals surface area (Å²) in [6, 6.07) is 3.85. The van der Waals surface area contributed by atoms with Gasteiger partial charge in [-0.15, -0.1) is 0 Å². The van der Waals surface area contributed by atoms with Gasteiger partial charge < -0.3 is 10.5 Å². The lowest BCUT2D eigenvalue weighted by molar-refractivity contribution is 0.126. The molecular weight excluding hydrogens is 257 g/mol. The lowest BCUT2D eigenvalue weighted by atomic mass is 10.2. The molecule has 100 valence electrons. The van der Waals surface area contributed by atoms with Gasteiger partial charge in [0, 0.05) is 12.3 Å². The third-order valence-corrected chi connectivity index (χ3v) is 5.39. The first-order chi connectivity index (χ1) is 8.38. The number of nitrogen functional groups attached to an aromatic ring is 1. The number of ether oxygens (including phenoxy) is 1. The fraction of sp³-hybridized carbons (Fsp3) is 0.500. The lowest BCUT2D eigenvalue weighted by Gasteiger charge is -2.15. The summed E-state index contributed by atoms with van der Waals surface area (Å²) in [4.78, 5) is 0. The second-order valence-electron chi connectivity index (χ2n) is 4.60. The van der Waals surface area contributed by atoms with Crippen LogP contribution in [0.3, 0.4) is 0 Å². The van der Waals surface area contributed by atoms with E-state index >= 15 is 0 Å². The molecule has 0 spiro atoms. The highest BCUT2D eigenvalue weighted by molar-refractivity contribution is 7.91. The van der Waals surface area contributed by atoms with Crippen LogP contribution in [0.25, 0.3) is 0 Å². The number of nitrogens with two attached hydrogens (primary N) is 1. The van der Waals surface area contributed by atoms with Gasteiger partial charge in [0.2, 0.25) is 0 Å². The van der Waals surface area contributed by atoms with Crippen molar-refractivity contribution in [1.29, 1.82) is 0 Å². The van der Waals surface area contributed by atoms with E-state index in [0.717, 1.165) is 6.07 Å². The molecule has 2 N–H and O–H groups in total. The molecule has 0 amide bonds. The average Bonchev–Trinajstić information content (AvgIpc) is 2.62. The van der Waals surface area contributed by atoms with E-state index in [1.807, 2.05) is 0 Å². The largest absolute Gasteiger partial charge is 0.399 e. The third kappa shape index (κ3) is 2.81. The Morgan fingerprint density at radius 1 is 1.44 bits per heavy atom. The SMILES string of the molecule is CC1OCCC1S(=O)(=O)Cc1cc(N)cc(F)c1. The van der Waals surface area contributed by atoms with E-state index in [-0.39, 0.29) is 17.5 Å². The van der Waals surface area contributed by atoms with Crippen LogP contribution in [0.2, 0.25) is 0 Å². The first kappa shape index (κ1) is 13.3. The number of rotatable bonds is 3. The van der Waals surface area contributed by atoms with Gasteiger partial charge in [0.1, 0.15) is 5.82 Å². The molecule has 1 saturated heterocycles. The molecule has 18 heavy (non-hydrogen) atoms. The fourth-order valence-corrected chi connectivity index (χ4v) is 4.24. The maximum Gasteiger partial charge on any atom is 0.159 e. The molecule has 1 aliphatic heterocycles. The molecule has 6 heteroatoms. The summed E-state index contributed by atoms with van der Waals surface area (Å²) >= 11 is 0. The van der Waals surface area contributed by atoms with Crippen molar-refractivity contribution in [2.45, 2.75) is 30.5 Å². The molecule has 0 radical (unpaired) electrons. The highest BCUT2D eigenvalue weighted by atomic mass is 32.2. The zero-order valence-electron chi connectivity index (χ0n) is 10.1. The maximum atomic E-state index is 13.2. The molecule has 0 aliphatic carbocycles. The molecular formula is C12H16FNO3S. The summed E-state index contributed by atoms with van der Waals surface area (Å²) < 4.78 is 42.8. The Hall–Kier alpha value is -1.14. The first-order valence-corrected chi connectivity index (χ1v) is 7.48. The lowest BCUT2D eigenvalue weighted by Crippen LogP contribution is -2.29. The number of halogens is 1. The van der Waals surface area contributed by atoms with E-state index in [9.17, 15) is 12.8 Å². The summed E-state index contributed by atoms with van der Waals surface area (Å²) in [6.07, 6.45) is 0.190. The van der Waals surface area contributed by atoms with Crippen LogP contribution in [0, 0.1) is 5.82 Å². The summed E-state index contributed by atoms with van der Waals surface area (Å²) in [5, 5.41) is -0.512. The zero-order valence-corrected chi connectivity index (χ0v) is 10.9. The van der Waals surface area contributed by atoms with Gasteiger partial charge in [-0.05, 0) is 37.1 Å². The molecule has 0 aromatic heterocycles. The Labute approximate surface area is 106 Å². The molecule has 1 fully saturated rings. The normalized spacial score (nSPS) is 24.3. The molecule has 2 unspecified atom stereocenters. The van der Waals surface area contributed by atoms with E-state index < -0.39 is 20.9 Å². The molecule has 0 bridgehead atoms. The van der Waals surface area contributed by atoms with Crippen LogP contribution in [0.15, 0.2) is 18.2 Å². The van der Waals surface area contributed by atoms with Crippen LogP contribution in [-0.2, 0) is 20.3 Å². The number of benzene rings is 1. The van der Waals surface area contributed by atoms with E-state index in [1.54, 1.807) is 6.92 Å². The Kier molecular flexibility index (Phi) is 3.59. The molecule has 2 atom stereocenters. The van der Waals surface area contributed by atoms with Crippen LogP contribution in [0.5, 0.6) is 0 Å². The van der Waals surface area contributed by atoms with E-state index in [1.165, 1.54) is 12.1 Å². The van der Waals surface area contributed by atoms with Crippen molar-refractivity contribution in [2.24, 2.45) is 0 Å². The van der Waals surface area contributed by atoms with Crippen LogP contribution >= 0.6 is 0 Å². The first-order valence-electron chi connectivity index (χ1n) is 5.76. The summed E-state index contributed by atoms with van der Waals surface area (Å²) in [5.41, 5.74) is 6.11. The Morgan fingerprint density at radius 3 is 2.72 bits per heavy atom. The van der Waals surface area contributed by atoms with Gasteiger partial charge in [-0.2, -0.15) is 0 Å². The van der Waals surface area contributed by atoms with Crippen molar-refractivity contribution in [1.82, 2.24) is 0 Å². The molecule has 1 aromatic carbocycles. The Bertz CT molecular complexity index is 524. The van der Waals surface area contributed by atoms with Gasteiger partial charge in [-0.1, -0.05) is 0 Å². The predicted molar refractivity (Wildman–Crippen MR) is 67.3 cm³/mol. The Balaban J connectivity index is 2.22. The van der Waals surface area contributed by atoms with Crippen molar-refractivity contribution >= 4 is 15.5 Å². The minimum Gasteiger partial charge on any atom is -0.399 e. The summed E-state index contributed by atoms with van der Waals surface area (Å²) in [6.45, 7) is 2.20. The highest BCUT2D eigenvalue weighted by Gasteiger charge is 2.35. The van der Waals surface area contributed by atoms with E-state index in [0.29, 0.717) is 18.6 Å². The van der Waals surface area contributed by atoms with Gasteiger partial charge in [-0.25, -0.2) is 12.8 Å². The van der Waals surface area contributed by atoms with Gasteiger partial charge in [0.05, 0.1) is 17.1 Å². The van der Waals surface area contributed by atoms with Gasteiger partial charge in [0.15, 0.2) is 9.84 Å². The number of hydrogen-bond donors (Lipinski definition) is 1. The van der Waals surface area contributed by atoms with Gasteiger partial charge >= 0.3 is 0 Å². The molecule has 1 aromatic rings. The molecule has 4 nitrogen and oxygen atoms in total. The Morgan fingerprint density at radius 2 is 2.17 bits per heavy atom. The van der Waals surface area contributed by atoms with E-state index in [2.05, 4.69) is 0 Å². The third-order valence-electron chi connectivity index (χ3n) is 3.12. The molecule has 2 rings (SSSR count). The maximum absolute atomic E-state index is 13.2. The van der Waals surface area contributed by atoms with Crippen molar-refractivity contribution in [3.63, 3.8) is 0 Å². The minimum absolute atomic E-state index is 0.201. The summed E-state index contributed by atoms with van der Waals surface area (Å²) in [7, 11) is -3.34. The monoisotopic (exact) mass is 273 g/mol. The average molecular weight is 273 g/mol. The van der Waals surface area contributed by atoms with Crippen molar-refractivity contribution < 1.29 is 17.5 Å². The topological polar surface area (TPSA) is 69.4 Å². The quantitative estimate of drug-likeness (QED) is 0.847. The molecule has 1 aliphatic rings. The zero-order chi connectivity index (χ0) is 13.3. The van der Waals surface area contributed by atoms with Crippen LogP contribution in [0.1, 0.15) is 18.9 Å².